The highest BCUT2D eigenvalue weighted by Crippen LogP contribution is 2.31. The Hall–Kier alpha value is -3.27. The van der Waals surface area contributed by atoms with Crippen LogP contribution in [-0.4, -0.2) is 22.5 Å². The Bertz CT molecular complexity index is 995. The number of aromatic amines is 1. The maximum Gasteiger partial charge on any atom is 0.189 e. The molecule has 24 heavy (non-hydrogen) atoms. The largest absolute Gasteiger partial charge is 0.507 e. The fourth-order valence-electron chi connectivity index (χ4n) is 2.84. The van der Waals surface area contributed by atoms with Gasteiger partial charge >= 0.3 is 0 Å². The molecule has 4 rings (SSSR count). The molecule has 0 unspecified atom stereocenters. The Balaban J connectivity index is 1.66. The maximum atomic E-state index is 12.5. The Morgan fingerprint density at radius 1 is 1.25 bits per heavy atom. The van der Waals surface area contributed by atoms with E-state index >= 15 is 0 Å². The van der Waals surface area contributed by atoms with Crippen LogP contribution in [0, 0.1) is 0 Å². The van der Waals surface area contributed by atoms with E-state index in [4.69, 9.17) is 4.74 Å². The number of carbonyl (C=O) groups excluding carboxylic acids is 1. The van der Waals surface area contributed by atoms with Gasteiger partial charge in [-0.15, -0.1) is 0 Å². The summed E-state index contributed by atoms with van der Waals surface area (Å²) in [4.78, 5) is 15.6. The van der Waals surface area contributed by atoms with Crippen LogP contribution in [0.4, 0.5) is 0 Å². The molecule has 0 bridgehead atoms. The second-order valence-corrected chi connectivity index (χ2v) is 5.61. The van der Waals surface area contributed by atoms with Gasteiger partial charge in [-0.2, -0.15) is 0 Å². The number of hydrogen-bond acceptors (Lipinski definition) is 3. The quantitative estimate of drug-likeness (QED) is 0.563. The third-order valence-electron chi connectivity index (χ3n) is 4.06. The number of phenols is 1. The summed E-state index contributed by atoms with van der Waals surface area (Å²) in [6.45, 7) is 0.469. The molecule has 4 nitrogen and oxygen atoms in total. The average Bonchev–Trinajstić information content (AvgIpc) is 3.02. The number of phenolic OH excluding ortho intramolecular Hbond substituents is 1. The predicted molar refractivity (Wildman–Crippen MR) is 94.3 cm³/mol. The van der Waals surface area contributed by atoms with E-state index in [0.717, 1.165) is 22.0 Å². The van der Waals surface area contributed by atoms with Gasteiger partial charge in [-0.3, -0.25) is 4.79 Å². The van der Waals surface area contributed by atoms with Crippen molar-refractivity contribution in [3.63, 3.8) is 0 Å². The number of ether oxygens (including phenoxy) is 1. The monoisotopic (exact) mass is 317 g/mol. The molecule has 2 N–H and O–H groups in total. The zero-order valence-corrected chi connectivity index (χ0v) is 12.8. The Labute approximate surface area is 138 Å². The topological polar surface area (TPSA) is 62.3 Å². The van der Waals surface area contributed by atoms with Crippen molar-refractivity contribution >= 4 is 28.8 Å². The number of para-hydroxylation sites is 1. The van der Waals surface area contributed by atoms with Crippen molar-refractivity contribution in [1.29, 1.82) is 0 Å². The first kappa shape index (κ1) is 14.3. The number of aromatic hydroxyl groups is 1. The Morgan fingerprint density at radius 3 is 3.04 bits per heavy atom. The van der Waals surface area contributed by atoms with Crippen LogP contribution in [0.15, 0.2) is 54.7 Å². The van der Waals surface area contributed by atoms with Crippen LogP contribution >= 0.6 is 0 Å². The van der Waals surface area contributed by atoms with Crippen LogP contribution in [0.3, 0.4) is 0 Å². The summed E-state index contributed by atoms with van der Waals surface area (Å²) in [6.07, 6.45) is 8.81. The molecule has 0 amide bonds. The summed E-state index contributed by atoms with van der Waals surface area (Å²) in [5.74, 6) is 0.301. The molecule has 2 heterocycles. The lowest BCUT2D eigenvalue weighted by molar-refractivity contribution is 0.104. The van der Waals surface area contributed by atoms with Crippen molar-refractivity contribution in [1.82, 2.24) is 4.98 Å². The standard InChI is InChI=1S/C20H15NO3/c22-18(8-7-14-12-21-17-6-2-1-5-15(14)17)16-11-20-13(10-19(16)23)4-3-9-24-20/h1-8,10-12,21,23H,9H2/b8-7+. The van der Waals surface area contributed by atoms with Gasteiger partial charge in [0.1, 0.15) is 18.1 Å². The molecule has 4 heteroatoms. The van der Waals surface area contributed by atoms with Crippen LogP contribution < -0.4 is 4.74 Å². The number of fused-ring (bicyclic) bond motifs is 2. The molecule has 0 atom stereocenters. The number of rotatable bonds is 3. The lowest BCUT2D eigenvalue weighted by Crippen LogP contribution is -2.03. The van der Waals surface area contributed by atoms with E-state index in [1.807, 2.05) is 42.6 Å². The maximum absolute atomic E-state index is 12.5. The number of hydrogen-bond donors (Lipinski definition) is 2. The number of benzene rings is 2. The zero-order chi connectivity index (χ0) is 16.5. The molecule has 1 aliphatic heterocycles. The molecule has 0 saturated heterocycles. The van der Waals surface area contributed by atoms with Crippen molar-refractivity contribution in [3.8, 4) is 11.5 Å². The summed E-state index contributed by atoms with van der Waals surface area (Å²) < 4.78 is 5.50. The normalized spacial score (nSPS) is 13.2. The molecule has 118 valence electrons. The predicted octanol–water partition coefficient (Wildman–Crippen LogP) is 4.18. The lowest BCUT2D eigenvalue weighted by atomic mass is 10.0. The van der Waals surface area contributed by atoms with Crippen molar-refractivity contribution in [3.05, 3.63) is 71.4 Å². The number of nitrogens with one attached hydrogen (secondary N) is 1. The third kappa shape index (κ3) is 2.48. The molecule has 0 aliphatic carbocycles. The van der Waals surface area contributed by atoms with Crippen molar-refractivity contribution in [2.24, 2.45) is 0 Å². The van der Waals surface area contributed by atoms with Gasteiger partial charge in [0, 0.05) is 22.7 Å². The average molecular weight is 317 g/mol. The van der Waals surface area contributed by atoms with E-state index in [9.17, 15) is 9.90 Å². The highest BCUT2D eigenvalue weighted by molar-refractivity contribution is 6.09. The van der Waals surface area contributed by atoms with Crippen molar-refractivity contribution in [2.75, 3.05) is 6.61 Å². The van der Waals surface area contributed by atoms with Gasteiger partial charge in [-0.25, -0.2) is 0 Å². The highest BCUT2D eigenvalue weighted by Gasteiger charge is 2.15. The second kappa shape index (κ2) is 5.74. The van der Waals surface area contributed by atoms with Gasteiger partial charge in [0.2, 0.25) is 0 Å². The Kier molecular flexibility index (Phi) is 3.43. The van der Waals surface area contributed by atoms with Crippen molar-refractivity contribution in [2.45, 2.75) is 0 Å². The fourth-order valence-corrected chi connectivity index (χ4v) is 2.84. The van der Waals surface area contributed by atoms with Crippen LogP contribution in [0.2, 0.25) is 0 Å². The van der Waals surface area contributed by atoms with Crippen LogP contribution in [0.25, 0.3) is 23.1 Å². The minimum atomic E-state index is -0.265. The minimum Gasteiger partial charge on any atom is -0.507 e. The summed E-state index contributed by atoms with van der Waals surface area (Å²) in [6, 6.07) is 11.0. The summed E-state index contributed by atoms with van der Waals surface area (Å²) in [5, 5.41) is 11.2. The number of allylic oxidation sites excluding steroid dienone is 1. The van der Waals surface area contributed by atoms with E-state index in [0.29, 0.717) is 12.4 Å². The van der Waals surface area contributed by atoms with Crippen molar-refractivity contribution < 1.29 is 14.6 Å². The third-order valence-corrected chi connectivity index (χ3v) is 4.06. The van der Waals surface area contributed by atoms with E-state index in [-0.39, 0.29) is 17.1 Å². The molecule has 0 radical (unpaired) electrons. The first-order chi connectivity index (χ1) is 11.7. The number of H-pyrrole nitrogens is 1. The van der Waals surface area contributed by atoms with E-state index in [1.54, 1.807) is 18.2 Å². The molecule has 0 saturated carbocycles. The van der Waals surface area contributed by atoms with E-state index in [2.05, 4.69) is 4.98 Å². The Morgan fingerprint density at radius 2 is 2.12 bits per heavy atom. The molecule has 0 fully saturated rings. The van der Waals surface area contributed by atoms with E-state index < -0.39 is 0 Å². The SMILES string of the molecule is O=C(/C=C/c1c[nH]c2ccccc12)c1cc2c(cc1O)C=CCO2. The lowest BCUT2D eigenvalue weighted by Gasteiger charge is -2.14. The van der Waals surface area contributed by atoms with Gasteiger partial charge in [0.05, 0.1) is 5.56 Å². The molecular formula is C20H15NO3. The van der Waals surface area contributed by atoms with Gasteiger partial charge < -0.3 is 14.8 Å². The molecule has 2 aromatic carbocycles. The first-order valence-electron chi connectivity index (χ1n) is 7.67. The van der Waals surface area contributed by atoms with Gasteiger partial charge in [0.15, 0.2) is 5.78 Å². The molecule has 1 aliphatic rings. The summed E-state index contributed by atoms with van der Waals surface area (Å²) in [5.41, 5.74) is 2.95. The van der Waals surface area contributed by atoms with Gasteiger partial charge in [-0.05, 0) is 42.0 Å². The molecule has 0 spiro atoms. The second-order valence-electron chi connectivity index (χ2n) is 5.61. The zero-order valence-electron chi connectivity index (χ0n) is 12.8. The molecule has 3 aromatic rings. The minimum absolute atomic E-state index is 0.0440. The first-order valence-corrected chi connectivity index (χ1v) is 7.67. The van der Waals surface area contributed by atoms with Crippen LogP contribution in [0.1, 0.15) is 21.5 Å². The van der Waals surface area contributed by atoms with Crippen LogP contribution in [-0.2, 0) is 0 Å². The fraction of sp³-hybridized carbons (Fsp3) is 0.0500. The number of ketones is 1. The molecule has 1 aromatic heterocycles. The summed E-state index contributed by atoms with van der Waals surface area (Å²) >= 11 is 0. The van der Waals surface area contributed by atoms with Crippen LogP contribution in [0.5, 0.6) is 11.5 Å². The molecular weight excluding hydrogens is 302 g/mol. The number of carbonyl (C=O) groups is 1. The highest BCUT2D eigenvalue weighted by atomic mass is 16.5. The number of aromatic nitrogens is 1. The van der Waals surface area contributed by atoms with Gasteiger partial charge in [0.25, 0.3) is 0 Å². The smallest absolute Gasteiger partial charge is 0.189 e. The summed E-state index contributed by atoms with van der Waals surface area (Å²) in [7, 11) is 0. The van der Waals surface area contributed by atoms with Gasteiger partial charge in [-0.1, -0.05) is 24.3 Å². The van der Waals surface area contributed by atoms with E-state index in [1.165, 1.54) is 6.08 Å².